The van der Waals surface area contributed by atoms with Crippen molar-refractivity contribution >= 4 is 53.4 Å². The Labute approximate surface area is 214 Å². The van der Waals surface area contributed by atoms with Crippen LogP contribution in [0.15, 0.2) is 108 Å². The molecule has 0 atom stereocenters. The zero-order chi connectivity index (χ0) is 24.4. The molecule has 0 amide bonds. The van der Waals surface area contributed by atoms with Crippen LogP contribution in [0, 0.1) is 0 Å². The summed E-state index contributed by atoms with van der Waals surface area (Å²) in [4.78, 5) is 0. The average molecular weight is 483 g/mol. The van der Waals surface area contributed by atoms with Gasteiger partial charge in [0.2, 0.25) is 0 Å². The van der Waals surface area contributed by atoms with E-state index in [1.165, 1.54) is 47.8 Å². The Morgan fingerprint density at radius 1 is 0.528 bits per heavy atom. The molecule has 2 aromatic heterocycles. The molecule has 0 aliphatic rings. The second-order valence-electron chi connectivity index (χ2n) is 10.5. The van der Waals surface area contributed by atoms with Gasteiger partial charge < -0.3 is 4.42 Å². The van der Waals surface area contributed by atoms with Crippen molar-refractivity contribution in [2.45, 2.75) is 26.2 Å². The van der Waals surface area contributed by atoms with Gasteiger partial charge in [0.15, 0.2) is 0 Å². The van der Waals surface area contributed by atoms with Gasteiger partial charge in [0.25, 0.3) is 0 Å². The Morgan fingerprint density at radius 2 is 1.11 bits per heavy atom. The molecule has 5 aromatic carbocycles. The highest BCUT2D eigenvalue weighted by Gasteiger charge is 2.26. The quantitative estimate of drug-likeness (QED) is 0.239. The molecular formula is C34H26OS. The molecule has 0 aliphatic carbocycles. The highest BCUT2D eigenvalue weighted by atomic mass is 32.1. The van der Waals surface area contributed by atoms with Crippen LogP contribution in [-0.2, 0) is 5.41 Å². The number of rotatable bonds is 2. The normalized spacial score (nSPS) is 12.3. The molecule has 7 aromatic rings. The van der Waals surface area contributed by atoms with E-state index in [0.29, 0.717) is 0 Å². The fourth-order valence-electron chi connectivity index (χ4n) is 5.73. The van der Waals surface area contributed by atoms with Crippen molar-refractivity contribution in [2.24, 2.45) is 0 Å². The summed E-state index contributed by atoms with van der Waals surface area (Å²) in [7, 11) is 0. The first-order valence-corrected chi connectivity index (χ1v) is 13.3. The maximum absolute atomic E-state index is 6.46. The van der Waals surface area contributed by atoms with Gasteiger partial charge in [-0.15, -0.1) is 11.3 Å². The molecule has 0 N–H and O–H groups in total. The number of benzene rings is 5. The maximum atomic E-state index is 6.46. The van der Waals surface area contributed by atoms with Crippen LogP contribution >= 0.6 is 11.3 Å². The van der Waals surface area contributed by atoms with E-state index in [1.807, 2.05) is 17.4 Å². The molecule has 0 saturated heterocycles. The maximum Gasteiger partial charge on any atom is 0.143 e. The number of para-hydroxylation sites is 2. The molecule has 0 fully saturated rings. The molecule has 0 spiro atoms. The van der Waals surface area contributed by atoms with Crippen molar-refractivity contribution < 1.29 is 4.42 Å². The molecule has 0 radical (unpaired) electrons. The standard InChI is InChI=1S/C34H26OS/c1-34(2,3)31-23(26-16-9-15-25-21-11-4-6-19-29(21)35-32(25)26)13-8-14-24(31)28-18-10-17-27-22-12-5-7-20-30(22)36-33(27)28/h4-20H,1-3H3. The van der Waals surface area contributed by atoms with Crippen molar-refractivity contribution in [3.63, 3.8) is 0 Å². The first-order valence-electron chi connectivity index (χ1n) is 12.5. The van der Waals surface area contributed by atoms with Crippen LogP contribution in [0.4, 0.5) is 0 Å². The Kier molecular flexibility index (Phi) is 4.64. The smallest absolute Gasteiger partial charge is 0.143 e. The molecule has 2 heteroatoms. The second-order valence-corrected chi connectivity index (χ2v) is 11.6. The molecule has 0 aliphatic heterocycles. The van der Waals surface area contributed by atoms with Gasteiger partial charge in [-0.05, 0) is 39.8 Å². The van der Waals surface area contributed by atoms with E-state index >= 15 is 0 Å². The van der Waals surface area contributed by atoms with E-state index in [4.69, 9.17) is 4.42 Å². The third-order valence-electron chi connectivity index (χ3n) is 7.20. The topological polar surface area (TPSA) is 13.1 Å². The lowest BCUT2D eigenvalue weighted by Gasteiger charge is -2.27. The van der Waals surface area contributed by atoms with Crippen LogP contribution in [0.25, 0.3) is 64.4 Å². The molecule has 0 bridgehead atoms. The monoisotopic (exact) mass is 482 g/mol. The first-order chi connectivity index (χ1) is 17.5. The fourth-order valence-corrected chi connectivity index (χ4v) is 6.96. The van der Waals surface area contributed by atoms with Gasteiger partial charge in [0, 0.05) is 36.5 Å². The number of fused-ring (bicyclic) bond motifs is 6. The van der Waals surface area contributed by atoms with Crippen LogP contribution in [0.3, 0.4) is 0 Å². The molecule has 174 valence electrons. The zero-order valence-electron chi connectivity index (χ0n) is 20.6. The predicted molar refractivity (Wildman–Crippen MR) is 156 cm³/mol. The van der Waals surface area contributed by atoms with Crippen LogP contribution in [0.1, 0.15) is 26.3 Å². The number of thiophene rings is 1. The molecule has 0 saturated carbocycles. The van der Waals surface area contributed by atoms with Gasteiger partial charge in [-0.3, -0.25) is 0 Å². The second kappa shape index (κ2) is 7.81. The van der Waals surface area contributed by atoms with E-state index < -0.39 is 0 Å². The van der Waals surface area contributed by atoms with Crippen LogP contribution in [0.5, 0.6) is 0 Å². The predicted octanol–water partition coefficient (Wildman–Crippen LogP) is 10.6. The summed E-state index contributed by atoms with van der Waals surface area (Å²) < 4.78 is 9.15. The lowest BCUT2D eigenvalue weighted by Crippen LogP contribution is -2.14. The molecular weight excluding hydrogens is 456 g/mol. The highest BCUT2D eigenvalue weighted by Crippen LogP contribution is 2.47. The SMILES string of the molecule is CC(C)(C)c1c(-c2cccc3c2oc2ccccc23)cccc1-c1cccc2c1sc1ccccc12. The van der Waals surface area contributed by atoms with Gasteiger partial charge in [-0.2, -0.15) is 0 Å². The molecule has 2 heterocycles. The van der Waals surface area contributed by atoms with Crippen LogP contribution in [-0.4, -0.2) is 0 Å². The lowest BCUT2D eigenvalue weighted by molar-refractivity contribution is 0.593. The van der Waals surface area contributed by atoms with Gasteiger partial charge in [0.05, 0.1) is 0 Å². The molecule has 0 unspecified atom stereocenters. The van der Waals surface area contributed by atoms with Crippen LogP contribution in [0.2, 0.25) is 0 Å². The minimum Gasteiger partial charge on any atom is -0.455 e. The van der Waals surface area contributed by atoms with E-state index in [0.717, 1.165) is 22.1 Å². The van der Waals surface area contributed by atoms with E-state index in [-0.39, 0.29) is 5.41 Å². The summed E-state index contributed by atoms with van der Waals surface area (Å²) in [5.41, 5.74) is 8.16. The van der Waals surface area contributed by atoms with Crippen molar-refractivity contribution in [2.75, 3.05) is 0 Å². The summed E-state index contributed by atoms with van der Waals surface area (Å²) in [5, 5.41) is 5.00. The van der Waals surface area contributed by atoms with Gasteiger partial charge >= 0.3 is 0 Å². The summed E-state index contributed by atoms with van der Waals surface area (Å²) in [6.45, 7) is 6.96. The summed E-state index contributed by atoms with van der Waals surface area (Å²) in [5.74, 6) is 0. The van der Waals surface area contributed by atoms with E-state index in [2.05, 4.69) is 118 Å². The van der Waals surface area contributed by atoms with Crippen molar-refractivity contribution in [3.8, 4) is 22.3 Å². The molecule has 7 rings (SSSR count). The van der Waals surface area contributed by atoms with Gasteiger partial charge in [0.1, 0.15) is 11.2 Å². The minimum absolute atomic E-state index is 0.0705. The van der Waals surface area contributed by atoms with Gasteiger partial charge in [-0.25, -0.2) is 0 Å². The average Bonchev–Trinajstić information content (AvgIpc) is 3.46. The minimum atomic E-state index is -0.0705. The largest absolute Gasteiger partial charge is 0.455 e. The van der Waals surface area contributed by atoms with E-state index in [9.17, 15) is 0 Å². The Bertz CT molecular complexity index is 1790. The number of hydrogen-bond donors (Lipinski definition) is 0. The highest BCUT2D eigenvalue weighted by molar-refractivity contribution is 7.26. The summed E-state index contributed by atoms with van der Waals surface area (Å²) in [6.07, 6.45) is 0. The first kappa shape index (κ1) is 21.4. The van der Waals surface area contributed by atoms with E-state index in [1.54, 1.807) is 0 Å². The van der Waals surface area contributed by atoms with Crippen LogP contribution < -0.4 is 0 Å². The fraction of sp³-hybridized carbons (Fsp3) is 0.118. The Morgan fingerprint density at radius 3 is 1.92 bits per heavy atom. The van der Waals surface area contributed by atoms with Crippen molar-refractivity contribution in [3.05, 3.63) is 109 Å². The number of furan rings is 1. The third kappa shape index (κ3) is 3.14. The third-order valence-corrected chi connectivity index (χ3v) is 8.42. The lowest BCUT2D eigenvalue weighted by atomic mass is 9.77. The van der Waals surface area contributed by atoms with Crippen molar-refractivity contribution in [1.82, 2.24) is 0 Å². The van der Waals surface area contributed by atoms with Crippen molar-refractivity contribution in [1.29, 1.82) is 0 Å². The number of hydrogen-bond acceptors (Lipinski definition) is 2. The Balaban J connectivity index is 1.56. The summed E-state index contributed by atoms with van der Waals surface area (Å²) in [6, 6.07) is 37.1. The Hall–Kier alpha value is -3.88. The van der Waals surface area contributed by atoms with Gasteiger partial charge in [-0.1, -0.05) is 112 Å². The molecule has 1 nitrogen and oxygen atoms in total. The molecule has 36 heavy (non-hydrogen) atoms. The summed E-state index contributed by atoms with van der Waals surface area (Å²) >= 11 is 1.89. The zero-order valence-corrected chi connectivity index (χ0v) is 21.4.